The molecule has 1 rings (SSSR count). The maximum atomic E-state index is 8.96. The molecule has 1 aromatic heterocycles. The minimum Gasteiger partial charge on any atom is -0.394 e. The lowest BCUT2D eigenvalue weighted by Gasteiger charge is -2.23. The average molecular weight is 196 g/mol. The van der Waals surface area contributed by atoms with Gasteiger partial charge in [-0.3, -0.25) is 4.98 Å². The third-order valence-electron chi connectivity index (χ3n) is 2.19. The van der Waals surface area contributed by atoms with E-state index in [2.05, 4.69) is 9.97 Å². The summed E-state index contributed by atoms with van der Waals surface area (Å²) >= 11 is 0. The van der Waals surface area contributed by atoms with Crippen LogP contribution in [0.1, 0.15) is 12.6 Å². The van der Waals surface area contributed by atoms with E-state index in [-0.39, 0.29) is 12.6 Å². The maximum absolute atomic E-state index is 8.96. The van der Waals surface area contributed by atoms with E-state index in [1.54, 1.807) is 12.4 Å². The molecule has 1 atom stereocenters. The highest BCUT2D eigenvalue weighted by molar-refractivity contribution is 5.35. The molecule has 0 saturated carbocycles. The first kappa shape index (κ1) is 10.9. The summed E-state index contributed by atoms with van der Waals surface area (Å²) in [5.74, 6) is 0.740. The minimum atomic E-state index is 0.0352. The van der Waals surface area contributed by atoms with E-state index in [9.17, 15) is 0 Å². The van der Waals surface area contributed by atoms with Crippen LogP contribution in [0.2, 0.25) is 0 Å². The standard InChI is InChI=1S/C9H16N4O/c1-7(6-14)13(2)9-5-11-8(3-10)4-12-9/h4-5,7,14H,3,6,10H2,1-2H3. The van der Waals surface area contributed by atoms with Crippen molar-refractivity contribution in [1.29, 1.82) is 0 Å². The van der Waals surface area contributed by atoms with Crippen LogP contribution >= 0.6 is 0 Å². The van der Waals surface area contributed by atoms with Crippen LogP contribution in [0, 0.1) is 0 Å². The fraction of sp³-hybridized carbons (Fsp3) is 0.556. The molecule has 3 N–H and O–H groups in total. The molecule has 0 aliphatic rings. The summed E-state index contributed by atoms with van der Waals surface area (Å²) in [4.78, 5) is 10.2. The molecule has 1 unspecified atom stereocenters. The summed E-state index contributed by atoms with van der Waals surface area (Å²) in [6.45, 7) is 2.40. The third kappa shape index (κ3) is 2.40. The van der Waals surface area contributed by atoms with E-state index >= 15 is 0 Å². The Morgan fingerprint density at radius 2 is 2.21 bits per heavy atom. The number of anilines is 1. The monoisotopic (exact) mass is 196 g/mol. The summed E-state index contributed by atoms with van der Waals surface area (Å²) in [5.41, 5.74) is 6.17. The van der Waals surface area contributed by atoms with Crippen molar-refractivity contribution in [2.45, 2.75) is 19.5 Å². The highest BCUT2D eigenvalue weighted by Crippen LogP contribution is 2.09. The fourth-order valence-corrected chi connectivity index (χ4v) is 0.984. The van der Waals surface area contributed by atoms with E-state index in [1.165, 1.54) is 0 Å². The summed E-state index contributed by atoms with van der Waals surface area (Å²) in [6, 6.07) is 0.0352. The number of aliphatic hydroxyl groups is 1. The van der Waals surface area contributed by atoms with Crippen molar-refractivity contribution in [1.82, 2.24) is 9.97 Å². The van der Waals surface area contributed by atoms with Crippen molar-refractivity contribution in [3.63, 3.8) is 0 Å². The van der Waals surface area contributed by atoms with Gasteiger partial charge >= 0.3 is 0 Å². The van der Waals surface area contributed by atoms with Gasteiger partial charge in [-0.25, -0.2) is 4.98 Å². The number of aliphatic hydroxyl groups excluding tert-OH is 1. The molecule has 78 valence electrons. The van der Waals surface area contributed by atoms with E-state index in [1.807, 2.05) is 18.9 Å². The molecule has 5 heteroatoms. The largest absolute Gasteiger partial charge is 0.394 e. The minimum absolute atomic E-state index is 0.0352. The maximum Gasteiger partial charge on any atom is 0.147 e. The second kappa shape index (κ2) is 4.88. The molecule has 0 bridgehead atoms. The fourth-order valence-electron chi connectivity index (χ4n) is 0.984. The van der Waals surface area contributed by atoms with Gasteiger partial charge in [0.15, 0.2) is 0 Å². The van der Waals surface area contributed by atoms with E-state index in [0.717, 1.165) is 11.5 Å². The summed E-state index contributed by atoms with van der Waals surface area (Å²) in [7, 11) is 1.87. The van der Waals surface area contributed by atoms with E-state index in [0.29, 0.717) is 6.54 Å². The summed E-state index contributed by atoms with van der Waals surface area (Å²) in [5, 5.41) is 8.96. The van der Waals surface area contributed by atoms with Gasteiger partial charge in [0.25, 0.3) is 0 Å². The van der Waals surface area contributed by atoms with Crippen molar-refractivity contribution < 1.29 is 5.11 Å². The van der Waals surface area contributed by atoms with Gasteiger partial charge in [0.05, 0.1) is 30.7 Å². The molecule has 0 amide bonds. The van der Waals surface area contributed by atoms with Crippen molar-refractivity contribution >= 4 is 5.82 Å². The van der Waals surface area contributed by atoms with Gasteiger partial charge in [0.2, 0.25) is 0 Å². The van der Waals surface area contributed by atoms with Crippen molar-refractivity contribution in [3.05, 3.63) is 18.1 Å². The molecule has 0 aromatic carbocycles. The Morgan fingerprint density at radius 3 is 2.64 bits per heavy atom. The van der Waals surface area contributed by atoms with Crippen molar-refractivity contribution in [3.8, 4) is 0 Å². The Hall–Kier alpha value is -1.20. The van der Waals surface area contributed by atoms with Crippen LogP contribution in [0.15, 0.2) is 12.4 Å². The number of likely N-dealkylation sites (N-methyl/N-ethyl adjacent to an activating group) is 1. The molecule has 0 spiro atoms. The lowest BCUT2D eigenvalue weighted by atomic mass is 10.3. The highest BCUT2D eigenvalue weighted by Gasteiger charge is 2.09. The highest BCUT2D eigenvalue weighted by atomic mass is 16.3. The molecular formula is C9H16N4O. The van der Waals surface area contributed by atoms with Crippen LogP contribution in [0.25, 0.3) is 0 Å². The van der Waals surface area contributed by atoms with Gasteiger partial charge in [-0.2, -0.15) is 0 Å². The first-order valence-corrected chi connectivity index (χ1v) is 4.53. The molecule has 0 fully saturated rings. The van der Waals surface area contributed by atoms with Crippen LogP contribution in [0.4, 0.5) is 5.82 Å². The lowest BCUT2D eigenvalue weighted by molar-refractivity contribution is 0.269. The molecule has 1 aromatic rings. The first-order valence-electron chi connectivity index (χ1n) is 4.53. The zero-order valence-electron chi connectivity index (χ0n) is 8.51. The molecule has 1 heterocycles. The molecule has 5 nitrogen and oxygen atoms in total. The van der Waals surface area contributed by atoms with Gasteiger partial charge in [-0.15, -0.1) is 0 Å². The molecule has 0 saturated heterocycles. The van der Waals surface area contributed by atoms with Gasteiger partial charge < -0.3 is 15.7 Å². The SMILES string of the molecule is CC(CO)N(C)c1cnc(CN)cn1. The molecular weight excluding hydrogens is 180 g/mol. The Bertz CT molecular complexity index is 275. The molecule has 14 heavy (non-hydrogen) atoms. The van der Waals surface area contributed by atoms with Crippen LogP contribution in [0.5, 0.6) is 0 Å². The van der Waals surface area contributed by atoms with Crippen molar-refractivity contribution in [2.24, 2.45) is 5.73 Å². The van der Waals surface area contributed by atoms with E-state index < -0.39 is 0 Å². The van der Waals surface area contributed by atoms with Gasteiger partial charge in [0.1, 0.15) is 5.82 Å². The topological polar surface area (TPSA) is 75.3 Å². The second-order valence-electron chi connectivity index (χ2n) is 3.21. The third-order valence-corrected chi connectivity index (χ3v) is 2.19. The summed E-state index contributed by atoms with van der Waals surface area (Å²) < 4.78 is 0. The second-order valence-corrected chi connectivity index (χ2v) is 3.21. The molecule has 0 aliphatic heterocycles. The quantitative estimate of drug-likeness (QED) is 0.694. The van der Waals surface area contributed by atoms with Gasteiger partial charge in [0, 0.05) is 13.6 Å². The number of nitrogens with two attached hydrogens (primary N) is 1. The smallest absolute Gasteiger partial charge is 0.147 e. The molecule has 0 radical (unpaired) electrons. The van der Waals surface area contributed by atoms with Gasteiger partial charge in [-0.05, 0) is 6.92 Å². The average Bonchev–Trinajstić information content (AvgIpc) is 2.27. The molecule has 0 aliphatic carbocycles. The summed E-state index contributed by atoms with van der Waals surface area (Å²) in [6.07, 6.45) is 3.31. The number of aromatic nitrogens is 2. The number of rotatable bonds is 4. The normalized spacial score (nSPS) is 12.6. The predicted octanol–water partition coefficient (Wildman–Crippen LogP) is -0.248. The number of nitrogens with zero attached hydrogens (tertiary/aromatic N) is 3. The van der Waals surface area contributed by atoms with Crippen LogP contribution in [0.3, 0.4) is 0 Å². The van der Waals surface area contributed by atoms with E-state index in [4.69, 9.17) is 10.8 Å². The Kier molecular flexibility index (Phi) is 3.79. The zero-order valence-corrected chi connectivity index (χ0v) is 8.51. The Balaban J connectivity index is 2.75. The van der Waals surface area contributed by atoms with Crippen LogP contribution < -0.4 is 10.6 Å². The number of hydrogen-bond acceptors (Lipinski definition) is 5. The zero-order chi connectivity index (χ0) is 10.6. The van der Waals surface area contributed by atoms with Gasteiger partial charge in [-0.1, -0.05) is 0 Å². The first-order chi connectivity index (χ1) is 6.69. The van der Waals surface area contributed by atoms with Crippen LogP contribution in [-0.2, 0) is 6.54 Å². The Labute approximate surface area is 83.6 Å². The Morgan fingerprint density at radius 1 is 1.50 bits per heavy atom. The lowest BCUT2D eigenvalue weighted by Crippen LogP contribution is -2.32. The number of hydrogen-bond donors (Lipinski definition) is 2. The predicted molar refractivity (Wildman–Crippen MR) is 54.9 cm³/mol. The van der Waals surface area contributed by atoms with Crippen molar-refractivity contribution in [2.75, 3.05) is 18.6 Å². The van der Waals surface area contributed by atoms with Crippen LogP contribution in [-0.4, -0.2) is 34.8 Å².